The van der Waals surface area contributed by atoms with Gasteiger partial charge in [0, 0.05) is 13.0 Å². The molecule has 0 spiro atoms. The minimum atomic E-state index is -0.424. The summed E-state index contributed by atoms with van der Waals surface area (Å²) in [6, 6.07) is 0. The van der Waals surface area contributed by atoms with Gasteiger partial charge in [-0.2, -0.15) is 0 Å². The lowest BCUT2D eigenvalue weighted by molar-refractivity contribution is -0.0309. The summed E-state index contributed by atoms with van der Waals surface area (Å²) < 4.78 is 10.2. The summed E-state index contributed by atoms with van der Waals surface area (Å²) in [6.45, 7) is 6.81. The third-order valence-electron chi connectivity index (χ3n) is 1.69. The van der Waals surface area contributed by atoms with Crippen LogP contribution in [-0.2, 0) is 9.47 Å². The molecule has 3 nitrogen and oxygen atoms in total. The van der Waals surface area contributed by atoms with E-state index in [0.717, 1.165) is 0 Å². The van der Waals surface area contributed by atoms with Crippen LogP contribution in [0.5, 0.6) is 0 Å². The van der Waals surface area contributed by atoms with E-state index in [1.54, 1.807) is 7.11 Å². The van der Waals surface area contributed by atoms with Gasteiger partial charge in [-0.15, -0.1) is 0 Å². The van der Waals surface area contributed by atoms with Crippen molar-refractivity contribution in [2.45, 2.75) is 33.0 Å². The van der Waals surface area contributed by atoms with Crippen LogP contribution in [0.1, 0.15) is 20.8 Å². The first kappa shape index (κ1) is 11.9. The van der Waals surface area contributed by atoms with Crippen molar-refractivity contribution in [3.63, 3.8) is 0 Å². The topological polar surface area (TPSA) is 38.7 Å². The summed E-state index contributed by atoms with van der Waals surface area (Å²) in [5, 5.41) is 9.49. The van der Waals surface area contributed by atoms with Gasteiger partial charge in [0.05, 0.1) is 25.4 Å². The fraction of sp³-hybridized carbons (Fsp3) is 1.00. The maximum atomic E-state index is 9.49. The van der Waals surface area contributed by atoms with E-state index >= 15 is 0 Å². The van der Waals surface area contributed by atoms with E-state index in [9.17, 15) is 5.11 Å². The molecule has 0 saturated carbocycles. The van der Waals surface area contributed by atoms with Crippen LogP contribution in [0, 0.1) is 5.92 Å². The zero-order valence-electron chi connectivity index (χ0n) is 8.41. The quantitative estimate of drug-likeness (QED) is 0.657. The van der Waals surface area contributed by atoms with E-state index in [-0.39, 0.29) is 12.0 Å². The largest absolute Gasteiger partial charge is 0.390 e. The molecule has 0 fully saturated rings. The van der Waals surface area contributed by atoms with Crippen LogP contribution in [0.4, 0.5) is 0 Å². The molecule has 2 unspecified atom stereocenters. The molecule has 0 bridgehead atoms. The second-order valence-electron chi connectivity index (χ2n) is 3.38. The first-order valence-electron chi connectivity index (χ1n) is 4.36. The Morgan fingerprint density at radius 1 is 1.17 bits per heavy atom. The van der Waals surface area contributed by atoms with Crippen molar-refractivity contribution in [1.29, 1.82) is 0 Å². The van der Waals surface area contributed by atoms with Crippen LogP contribution in [0.2, 0.25) is 0 Å². The molecule has 1 N–H and O–H groups in total. The molecule has 0 amide bonds. The molecule has 0 heterocycles. The molecule has 0 aliphatic carbocycles. The Morgan fingerprint density at radius 3 is 2.17 bits per heavy atom. The smallest absolute Gasteiger partial charge is 0.0821 e. The van der Waals surface area contributed by atoms with Gasteiger partial charge in [0.1, 0.15) is 0 Å². The number of aliphatic hydroxyl groups is 1. The molecule has 0 rings (SSSR count). The molecular weight excluding hydrogens is 156 g/mol. The third kappa shape index (κ3) is 5.52. The van der Waals surface area contributed by atoms with E-state index in [1.807, 2.05) is 20.8 Å². The van der Waals surface area contributed by atoms with Crippen LogP contribution in [-0.4, -0.2) is 37.6 Å². The van der Waals surface area contributed by atoms with Gasteiger partial charge in [-0.05, 0) is 13.8 Å². The van der Waals surface area contributed by atoms with Crippen molar-refractivity contribution in [2.24, 2.45) is 5.92 Å². The Kier molecular flexibility index (Phi) is 6.34. The molecule has 0 aliphatic rings. The number of ether oxygens (including phenoxy) is 2. The molecule has 0 aromatic carbocycles. The van der Waals surface area contributed by atoms with Gasteiger partial charge < -0.3 is 14.6 Å². The number of hydrogen-bond acceptors (Lipinski definition) is 3. The zero-order chi connectivity index (χ0) is 9.56. The molecule has 0 aromatic heterocycles. The highest BCUT2D eigenvalue weighted by molar-refractivity contribution is 4.62. The Bertz CT molecular complexity index is 104. The summed E-state index contributed by atoms with van der Waals surface area (Å²) >= 11 is 0. The number of aliphatic hydroxyl groups excluding tert-OH is 1. The summed E-state index contributed by atoms with van der Waals surface area (Å²) in [5.41, 5.74) is 0. The van der Waals surface area contributed by atoms with Crippen molar-refractivity contribution >= 4 is 0 Å². The third-order valence-corrected chi connectivity index (χ3v) is 1.69. The van der Waals surface area contributed by atoms with Crippen LogP contribution < -0.4 is 0 Å². The molecule has 74 valence electrons. The predicted octanol–water partition coefficient (Wildman–Crippen LogP) is 1.05. The highest BCUT2D eigenvalue weighted by atomic mass is 16.5. The minimum absolute atomic E-state index is 0.133. The van der Waals surface area contributed by atoms with E-state index in [4.69, 9.17) is 9.47 Å². The molecule has 2 atom stereocenters. The first-order valence-corrected chi connectivity index (χ1v) is 4.36. The number of hydrogen-bond donors (Lipinski definition) is 1. The lowest BCUT2D eigenvalue weighted by Crippen LogP contribution is -2.28. The van der Waals surface area contributed by atoms with Crippen LogP contribution in [0.15, 0.2) is 0 Å². The highest BCUT2D eigenvalue weighted by Crippen LogP contribution is 2.04. The standard InChI is InChI=1S/C9H20O3/c1-7(2)12-6-9(10)8(3)5-11-4/h7-10H,5-6H2,1-4H3. The summed E-state index contributed by atoms with van der Waals surface area (Å²) in [7, 11) is 1.63. The van der Waals surface area contributed by atoms with Crippen LogP contribution in [0.3, 0.4) is 0 Å². The van der Waals surface area contributed by atoms with Crippen molar-refractivity contribution in [3.05, 3.63) is 0 Å². The molecule has 0 radical (unpaired) electrons. The number of rotatable bonds is 6. The molecule has 0 aliphatic heterocycles. The van der Waals surface area contributed by atoms with Gasteiger partial charge in [0.15, 0.2) is 0 Å². The Balaban J connectivity index is 3.49. The molecule has 12 heavy (non-hydrogen) atoms. The number of methoxy groups -OCH3 is 1. The fourth-order valence-electron chi connectivity index (χ4n) is 0.829. The van der Waals surface area contributed by atoms with E-state index in [0.29, 0.717) is 13.2 Å². The predicted molar refractivity (Wildman–Crippen MR) is 48.1 cm³/mol. The Labute approximate surface area is 74.7 Å². The minimum Gasteiger partial charge on any atom is -0.390 e. The molecule has 0 saturated heterocycles. The van der Waals surface area contributed by atoms with Gasteiger partial charge in [-0.3, -0.25) is 0 Å². The van der Waals surface area contributed by atoms with Gasteiger partial charge >= 0.3 is 0 Å². The fourth-order valence-corrected chi connectivity index (χ4v) is 0.829. The summed E-state index contributed by atoms with van der Waals surface area (Å²) in [5.74, 6) is 0.133. The lowest BCUT2D eigenvalue weighted by Gasteiger charge is -2.19. The monoisotopic (exact) mass is 176 g/mol. The van der Waals surface area contributed by atoms with Crippen molar-refractivity contribution in [2.75, 3.05) is 20.3 Å². The second kappa shape index (κ2) is 6.40. The van der Waals surface area contributed by atoms with E-state index < -0.39 is 6.10 Å². The lowest BCUT2D eigenvalue weighted by atomic mass is 10.1. The molecule has 0 aromatic rings. The Morgan fingerprint density at radius 2 is 1.75 bits per heavy atom. The maximum absolute atomic E-state index is 9.49. The SMILES string of the molecule is COCC(C)C(O)COC(C)C. The first-order chi connectivity index (χ1) is 5.57. The average Bonchev–Trinajstić information content (AvgIpc) is 2.00. The van der Waals surface area contributed by atoms with Gasteiger partial charge in [-0.25, -0.2) is 0 Å². The zero-order valence-corrected chi connectivity index (χ0v) is 8.41. The Hall–Kier alpha value is -0.120. The van der Waals surface area contributed by atoms with Gasteiger partial charge in [-0.1, -0.05) is 6.92 Å². The molecular formula is C9H20O3. The van der Waals surface area contributed by atoms with Crippen molar-refractivity contribution < 1.29 is 14.6 Å². The highest BCUT2D eigenvalue weighted by Gasteiger charge is 2.14. The maximum Gasteiger partial charge on any atom is 0.0821 e. The van der Waals surface area contributed by atoms with Crippen molar-refractivity contribution in [1.82, 2.24) is 0 Å². The second-order valence-corrected chi connectivity index (χ2v) is 3.38. The summed E-state index contributed by atoms with van der Waals surface area (Å²) in [4.78, 5) is 0. The van der Waals surface area contributed by atoms with Gasteiger partial charge in [0.25, 0.3) is 0 Å². The molecule has 3 heteroatoms. The van der Waals surface area contributed by atoms with E-state index in [2.05, 4.69) is 0 Å². The van der Waals surface area contributed by atoms with Gasteiger partial charge in [0.2, 0.25) is 0 Å². The van der Waals surface area contributed by atoms with Crippen molar-refractivity contribution in [3.8, 4) is 0 Å². The summed E-state index contributed by atoms with van der Waals surface area (Å²) in [6.07, 6.45) is -0.248. The average molecular weight is 176 g/mol. The van der Waals surface area contributed by atoms with Crippen LogP contribution in [0.25, 0.3) is 0 Å². The normalized spacial score (nSPS) is 16.5. The van der Waals surface area contributed by atoms with Crippen LogP contribution >= 0.6 is 0 Å². The van der Waals surface area contributed by atoms with E-state index in [1.165, 1.54) is 0 Å².